The number of imidazole rings is 1. The van der Waals surface area contributed by atoms with E-state index >= 15 is 0 Å². The average molecular weight is 268 g/mol. The number of carbonyl (C=O) groups excluding carboxylic acids is 1. The van der Waals surface area contributed by atoms with Crippen molar-refractivity contribution >= 4 is 5.97 Å². The zero-order valence-electron chi connectivity index (χ0n) is 12.6. The lowest BCUT2D eigenvalue weighted by atomic mass is 10.2. The van der Waals surface area contributed by atoms with E-state index in [4.69, 9.17) is 9.90 Å². The summed E-state index contributed by atoms with van der Waals surface area (Å²) in [5.74, 6) is 0.319. The first-order valence-corrected chi connectivity index (χ1v) is 7.35. The molecule has 1 aromatic rings. The van der Waals surface area contributed by atoms with Crippen LogP contribution in [0.2, 0.25) is 0 Å². The second-order valence-corrected chi connectivity index (χ2v) is 4.76. The molecule has 4 nitrogen and oxygen atoms in total. The normalized spacial score (nSPS) is 9.84. The van der Waals surface area contributed by atoms with E-state index in [-0.39, 0.29) is 0 Å². The zero-order valence-corrected chi connectivity index (χ0v) is 12.6. The quantitative estimate of drug-likeness (QED) is 0.579. The number of nitrogens with zero attached hydrogens (tertiary/aromatic N) is 1. The van der Waals surface area contributed by atoms with Crippen LogP contribution in [0.4, 0.5) is 0 Å². The average Bonchev–Trinajstić information content (AvgIpc) is 2.77. The summed E-state index contributed by atoms with van der Waals surface area (Å²) in [5, 5.41) is 8.89. The Morgan fingerprint density at radius 1 is 1.21 bits per heavy atom. The van der Waals surface area contributed by atoms with Gasteiger partial charge in [0, 0.05) is 12.4 Å². The standard InChI is InChI=1S/C13H24N2.C2H4O2/c1-3-5-7-9-13-14-10-12-15(13)11-8-6-4-2;1-2(3)4/h10,12H,3-9,11H2,1-2H3;1H3,(H,3,4). The van der Waals surface area contributed by atoms with E-state index in [1.807, 2.05) is 0 Å². The van der Waals surface area contributed by atoms with Crippen molar-refractivity contribution < 1.29 is 14.5 Å². The number of nitrogens with one attached hydrogen (secondary N) is 1. The summed E-state index contributed by atoms with van der Waals surface area (Å²) < 4.78 is 2.38. The van der Waals surface area contributed by atoms with Gasteiger partial charge in [0.05, 0.1) is 6.54 Å². The third-order valence-corrected chi connectivity index (χ3v) is 2.87. The third-order valence-electron chi connectivity index (χ3n) is 2.87. The molecule has 0 saturated heterocycles. The Hall–Kier alpha value is -1.32. The van der Waals surface area contributed by atoms with Gasteiger partial charge in [-0.25, -0.2) is 9.55 Å². The van der Waals surface area contributed by atoms with Crippen LogP contribution in [0.3, 0.4) is 0 Å². The molecular formula is C15H28N2O2. The number of hydrogen-bond acceptors (Lipinski definition) is 2. The van der Waals surface area contributed by atoms with Crippen LogP contribution in [0.15, 0.2) is 12.4 Å². The second kappa shape index (κ2) is 11.8. The Morgan fingerprint density at radius 3 is 2.37 bits per heavy atom. The van der Waals surface area contributed by atoms with E-state index in [9.17, 15) is 0 Å². The van der Waals surface area contributed by atoms with Crippen molar-refractivity contribution in [2.45, 2.75) is 72.3 Å². The van der Waals surface area contributed by atoms with Gasteiger partial charge < -0.3 is 9.90 Å². The number of aliphatic carboxylic acids is 1. The Labute approximate surface area is 116 Å². The van der Waals surface area contributed by atoms with E-state index in [0.717, 1.165) is 6.92 Å². The van der Waals surface area contributed by atoms with Gasteiger partial charge in [0.25, 0.3) is 5.82 Å². The molecule has 0 aliphatic heterocycles. The number of aromatic nitrogens is 2. The molecule has 0 bridgehead atoms. The summed E-state index contributed by atoms with van der Waals surface area (Å²) in [7, 11) is 0. The minimum absolute atomic E-state index is 0.972. The highest BCUT2D eigenvalue weighted by molar-refractivity contribution is 5.60. The third kappa shape index (κ3) is 10.3. The summed E-state index contributed by atoms with van der Waals surface area (Å²) in [4.78, 5) is 12.2. The molecule has 0 aromatic carbocycles. The highest BCUT2D eigenvalue weighted by atomic mass is 16.4. The molecule has 0 amide bonds. The minimum atomic E-state index is -1.08. The number of carboxylic acid groups (broad SMARTS) is 1. The molecule has 0 atom stereocenters. The van der Waals surface area contributed by atoms with Crippen LogP contribution >= 0.6 is 0 Å². The minimum Gasteiger partial charge on any atom is -0.550 e. The van der Waals surface area contributed by atoms with Gasteiger partial charge in [0.2, 0.25) is 0 Å². The first-order chi connectivity index (χ1) is 9.11. The van der Waals surface area contributed by atoms with Crippen molar-refractivity contribution in [3.8, 4) is 0 Å². The molecule has 1 N–H and O–H groups in total. The van der Waals surface area contributed by atoms with Crippen molar-refractivity contribution in [3.63, 3.8) is 0 Å². The van der Waals surface area contributed by atoms with Gasteiger partial charge in [-0.15, -0.1) is 0 Å². The lowest BCUT2D eigenvalue weighted by molar-refractivity contribution is -0.703. The highest BCUT2D eigenvalue weighted by Crippen LogP contribution is 2.01. The second-order valence-electron chi connectivity index (χ2n) is 4.76. The molecule has 19 heavy (non-hydrogen) atoms. The van der Waals surface area contributed by atoms with Gasteiger partial charge in [-0.3, -0.25) is 0 Å². The number of carbonyl (C=O) groups is 1. The molecule has 1 rings (SSSR count). The molecule has 0 unspecified atom stereocenters. The van der Waals surface area contributed by atoms with E-state index in [1.165, 1.54) is 57.3 Å². The van der Waals surface area contributed by atoms with Crippen LogP contribution in [0.25, 0.3) is 0 Å². The van der Waals surface area contributed by atoms with Crippen LogP contribution in [0, 0.1) is 0 Å². The van der Waals surface area contributed by atoms with E-state index in [1.54, 1.807) is 0 Å². The maximum Gasteiger partial charge on any atom is 0.254 e. The predicted octanol–water partition coefficient (Wildman–Crippen LogP) is 1.98. The van der Waals surface area contributed by atoms with Crippen LogP contribution in [0.5, 0.6) is 0 Å². The fourth-order valence-corrected chi connectivity index (χ4v) is 1.90. The molecule has 4 heteroatoms. The van der Waals surface area contributed by atoms with Crippen molar-refractivity contribution in [1.29, 1.82) is 0 Å². The molecule has 1 heterocycles. The number of rotatable bonds is 8. The van der Waals surface area contributed by atoms with E-state index < -0.39 is 5.97 Å². The Kier molecular flexibility index (Phi) is 10.9. The summed E-state index contributed by atoms with van der Waals surface area (Å²) in [6, 6.07) is 0. The summed E-state index contributed by atoms with van der Waals surface area (Å²) in [6.45, 7) is 6.66. The maximum atomic E-state index is 8.89. The van der Waals surface area contributed by atoms with Crippen molar-refractivity contribution in [1.82, 2.24) is 4.98 Å². The summed E-state index contributed by atoms with van der Waals surface area (Å²) >= 11 is 0. The van der Waals surface area contributed by atoms with Gasteiger partial charge in [0.1, 0.15) is 12.4 Å². The van der Waals surface area contributed by atoms with Crippen molar-refractivity contribution in [2.24, 2.45) is 0 Å². The van der Waals surface area contributed by atoms with Crippen LogP contribution in [-0.4, -0.2) is 11.0 Å². The number of H-pyrrole nitrogens is 1. The molecule has 0 aliphatic carbocycles. The predicted molar refractivity (Wildman–Crippen MR) is 74.4 cm³/mol. The summed E-state index contributed by atoms with van der Waals surface area (Å²) in [6.07, 6.45) is 13.3. The van der Waals surface area contributed by atoms with Crippen LogP contribution in [-0.2, 0) is 17.8 Å². The Balaban J connectivity index is 0.000000711. The first-order valence-electron chi connectivity index (χ1n) is 7.35. The first kappa shape index (κ1) is 17.7. The van der Waals surface area contributed by atoms with E-state index in [2.05, 4.69) is 35.8 Å². The number of aromatic amines is 1. The van der Waals surface area contributed by atoms with Gasteiger partial charge >= 0.3 is 0 Å². The molecule has 0 aliphatic rings. The maximum absolute atomic E-state index is 8.89. The fraction of sp³-hybridized carbons (Fsp3) is 0.733. The molecular weight excluding hydrogens is 240 g/mol. The number of aryl methyl sites for hydroxylation is 2. The van der Waals surface area contributed by atoms with Gasteiger partial charge in [-0.2, -0.15) is 0 Å². The van der Waals surface area contributed by atoms with E-state index in [0.29, 0.717) is 0 Å². The number of hydrogen-bond donors (Lipinski definition) is 1. The topological polar surface area (TPSA) is 59.8 Å². The molecule has 0 fully saturated rings. The molecule has 0 radical (unpaired) electrons. The lowest BCUT2D eigenvalue weighted by Gasteiger charge is -2.00. The highest BCUT2D eigenvalue weighted by Gasteiger charge is 2.08. The van der Waals surface area contributed by atoms with Gasteiger partial charge in [-0.05, 0) is 26.2 Å². The van der Waals surface area contributed by atoms with Crippen LogP contribution in [0.1, 0.15) is 65.1 Å². The number of unbranched alkanes of at least 4 members (excludes halogenated alkanes) is 4. The van der Waals surface area contributed by atoms with Gasteiger partial charge in [0.15, 0.2) is 0 Å². The Morgan fingerprint density at radius 2 is 1.79 bits per heavy atom. The fourth-order valence-electron chi connectivity index (χ4n) is 1.90. The van der Waals surface area contributed by atoms with Crippen LogP contribution < -0.4 is 9.67 Å². The smallest absolute Gasteiger partial charge is 0.254 e. The molecule has 1 aromatic heterocycles. The monoisotopic (exact) mass is 268 g/mol. The van der Waals surface area contributed by atoms with Crippen molar-refractivity contribution in [3.05, 3.63) is 18.2 Å². The number of carboxylic acids is 1. The SMILES string of the molecule is CC(=O)[O-].CCCCCc1[nH]cc[n+]1CCCCC. The molecule has 0 saturated carbocycles. The zero-order chi connectivity index (χ0) is 14.5. The molecule has 110 valence electrons. The lowest BCUT2D eigenvalue weighted by Crippen LogP contribution is -2.36. The molecule has 0 spiro atoms. The summed E-state index contributed by atoms with van der Waals surface area (Å²) in [5.41, 5.74) is 0. The van der Waals surface area contributed by atoms with Gasteiger partial charge in [-0.1, -0.05) is 33.1 Å². The van der Waals surface area contributed by atoms with Crippen molar-refractivity contribution in [2.75, 3.05) is 0 Å². The largest absolute Gasteiger partial charge is 0.550 e. The Bertz CT molecular complexity index is 306.